The lowest BCUT2D eigenvalue weighted by Gasteiger charge is -2.16. The SMILES string of the molecule is CNc1nc2ccccc2n1Cc1sc2c(c1C(=O)N1CC(O)CO1)c(=O)n(C)c(=O)n2CC(C)C. The van der Waals surface area contributed by atoms with Gasteiger partial charge in [-0.15, -0.1) is 11.3 Å². The lowest BCUT2D eigenvalue weighted by atomic mass is 10.1. The van der Waals surface area contributed by atoms with Gasteiger partial charge in [-0.3, -0.25) is 23.6 Å². The Balaban J connectivity index is 1.79. The summed E-state index contributed by atoms with van der Waals surface area (Å²) in [6.45, 7) is 4.60. The van der Waals surface area contributed by atoms with E-state index < -0.39 is 23.3 Å². The van der Waals surface area contributed by atoms with Crippen LogP contribution in [0.5, 0.6) is 0 Å². The predicted molar refractivity (Wildman–Crippen MR) is 138 cm³/mol. The molecule has 36 heavy (non-hydrogen) atoms. The van der Waals surface area contributed by atoms with Crippen LogP contribution >= 0.6 is 11.3 Å². The molecule has 3 aromatic heterocycles. The Morgan fingerprint density at radius 3 is 2.69 bits per heavy atom. The third-order valence-corrected chi connectivity index (χ3v) is 7.41. The van der Waals surface area contributed by atoms with Crippen LogP contribution in [-0.4, -0.2) is 61.1 Å². The molecule has 0 spiro atoms. The summed E-state index contributed by atoms with van der Waals surface area (Å²) in [5.41, 5.74) is 0.865. The third-order valence-electron chi connectivity index (χ3n) is 6.21. The number of imidazole rings is 1. The van der Waals surface area contributed by atoms with Gasteiger partial charge in [-0.1, -0.05) is 26.0 Å². The lowest BCUT2D eigenvalue weighted by Crippen LogP contribution is -2.39. The molecule has 0 radical (unpaired) electrons. The fourth-order valence-corrected chi connectivity index (χ4v) is 5.82. The summed E-state index contributed by atoms with van der Waals surface area (Å²) >= 11 is 1.25. The molecule has 4 heterocycles. The summed E-state index contributed by atoms with van der Waals surface area (Å²) in [5, 5.41) is 14.3. The Labute approximate surface area is 210 Å². The second-order valence-electron chi connectivity index (χ2n) is 9.31. The first-order chi connectivity index (χ1) is 17.2. The summed E-state index contributed by atoms with van der Waals surface area (Å²) in [6.07, 6.45) is -0.808. The molecule has 1 atom stereocenters. The average molecular weight is 513 g/mol. The van der Waals surface area contributed by atoms with Gasteiger partial charge in [0, 0.05) is 25.5 Å². The zero-order valence-electron chi connectivity index (χ0n) is 20.5. The van der Waals surface area contributed by atoms with E-state index in [0.29, 0.717) is 22.2 Å². The summed E-state index contributed by atoms with van der Waals surface area (Å²) in [6, 6.07) is 7.65. The number of para-hydroxylation sites is 2. The molecule has 1 aromatic carbocycles. The molecule has 5 rings (SSSR count). The largest absolute Gasteiger partial charge is 0.389 e. The Kier molecular flexibility index (Phi) is 6.18. The molecule has 4 aromatic rings. The molecule has 12 heteroatoms. The summed E-state index contributed by atoms with van der Waals surface area (Å²) in [7, 11) is 3.19. The van der Waals surface area contributed by atoms with Crippen LogP contribution in [0.1, 0.15) is 29.1 Å². The number of carbonyl (C=O) groups excluding carboxylic acids is 1. The van der Waals surface area contributed by atoms with Crippen molar-refractivity contribution in [3.05, 3.63) is 55.5 Å². The molecule has 1 unspecified atom stereocenters. The van der Waals surface area contributed by atoms with Gasteiger partial charge < -0.3 is 15.0 Å². The number of rotatable bonds is 6. The van der Waals surface area contributed by atoms with E-state index in [1.807, 2.05) is 42.7 Å². The van der Waals surface area contributed by atoms with Crippen molar-refractivity contribution in [1.29, 1.82) is 0 Å². The van der Waals surface area contributed by atoms with Crippen molar-refractivity contribution in [2.24, 2.45) is 13.0 Å². The zero-order chi connectivity index (χ0) is 25.7. The normalized spacial score (nSPS) is 16.1. The van der Waals surface area contributed by atoms with Gasteiger partial charge in [0.15, 0.2) is 0 Å². The van der Waals surface area contributed by atoms with E-state index in [1.165, 1.54) is 18.4 Å². The maximum Gasteiger partial charge on any atom is 0.331 e. The molecule has 1 fully saturated rings. The van der Waals surface area contributed by atoms with Crippen LogP contribution in [-0.2, 0) is 25.0 Å². The van der Waals surface area contributed by atoms with Gasteiger partial charge >= 0.3 is 5.69 Å². The number of anilines is 1. The van der Waals surface area contributed by atoms with E-state index in [1.54, 1.807) is 11.6 Å². The second kappa shape index (κ2) is 9.19. The molecule has 11 nitrogen and oxygen atoms in total. The number of β-amino-alcohol motifs (C(OH)–C–C–N with tert-alkyl or cyclic N) is 1. The molecule has 1 aliphatic heterocycles. The van der Waals surface area contributed by atoms with Crippen LogP contribution in [0.3, 0.4) is 0 Å². The van der Waals surface area contributed by atoms with Crippen LogP contribution in [0.4, 0.5) is 5.95 Å². The average Bonchev–Trinajstić information content (AvgIpc) is 3.55. The van der Waals surface area contributed by atoms with Crippen LogP contribution in [0, 0.1) is 5.92 Å². The van der Waals surface area contributed by atoms with Crippen LogP contribution in [0.25, 0.3) is 21.3 Å². The van der Waals surface area contributed by atoms with E-state index in [9.17, 15) is 19.5 Å². The van der Waals surface area contributed by atoms with E-state index in [4.69, 9.17) is 4.84 Å². The van der Waals surface area contributed by atoms with E-state index in [0.717, 1.165) is 20.7 Å². The van der Waals surface area contributed by atoms with Crippen molar-refractivity contribution in [1.82, 2.24) is 23.7 Å². The fraction of sp³-hybridized carbons (Fsp3) is 0.417. The van der Waals surface area contributed by atoms with Gasteiger partial charge in [-0.2, -0.15) is 0 Å². The number of nitrogens with zero attached hydrogens (tertiary/aromatic N) is 5. The number of fused-ring (bicyclic) bond motifs is 2. The first-order valence-electron chi connectivity index (χ1n) is 11.7. The van der Waals surface area contributed by atoms with Crippen molar-refractivity contribution >= 4 is 44.4 Å². The van der Waals surface area contributed by atoms with E-state index in [2.05, 4.69) is 10.3 Å². The van der Waals surface area contributed by atoms with E-state index >= 15 is 0 Å². The predicted octanol–water partition coefficient (Wildman–Crippen LogP) is 1.61. The zero-order valence-corrected chi connectivity index (χ0v) is 21.3. The summed E-state index contributed by atoms with van der Waals surface area (Å²) < 4.78 is 4.55. The van der Waals surface area contributed by atoms with Crippen LogP contribution in [0.2, 0.25) is 0 Å². The summed E-state index contributed by atoms with van der Waals surface area (Å²) in [5.74, 6) is 0.223. The number of hydroxylamine groups is 2. The monoisotopic (exact) mass is 512 g/mol. The van der Waals surface area contributed by atoms with Gasteiger partial charge in [-0.25, -0.2) is 14.8 Å². The van der Waals surface area contributed by atoms with Crippen molar-refractivity contribution in [3.8, 4) is 0 Å². The number of benzene rings is 1. The smallest absolute Gasteiger partial charge is 0.331 e. The molecular weight excluding hydrogens is 484 g/mol. The number of aliphatic hydroxyl groups is 1. The third kappa shape index (κ3) is 3.91. The highest BCUT2D eigenvalue weighted by atomic mass is 32.1. The van der Waals surface area contributed by atoms with Gasteiger partial charge in [0.05, 0.1) is 35.1 Å². The molecule has 1 saturated heterocycles. The number of carbonyl (C=O) groups is 1. The minimum Gasteiger partial charge on any atom is -0.389 e. The van der Waals surface area contributed by atoms with Gasteiger partial charge in [-0.05, 0) is 18.1 Å². The van der Waals surface area contributed by atoms with Gasteiger partial charge in [0.25, 0.3) is 11.5 Å². The molecule has 190 valence electrons. The number of nitrogens with one attached hydrogen (secondary N) is 1. The molecule has 2 N–H and O–H groups in total. The Bertz CT molecular complexity index is 1600. The fourth-order valence-electron chi connectivity index (χ4n) is 4.55. The van der Waals surface area contributed by atoms with Crippen LogP contribution < -0.4 is 16.6 Å². The highest BCUT2D eigenvalue weighted by Gasteiger charge is 2.33. The number of aromatic nitrogens is 4. The Morgan fingerprint density at radius 1 is 1.28 bits per heavy atom. The Morgan fingerprint density at radius 2 is 2.03 bits per heavy atom. The van der Waals surface area contributed by atoms with Crippen molar-refractivity contribution < 1.29 is 14.7 Å². The van der Waals surface area contributed by atoms with Crippen molar-refractivity contribution in [2.75, 3.05) is 25.5 Å². The van der Waals surface area contributed by atoms with Crippen LogP contribution in [0.15, 0.2) is 33.9 Å². The minimum atomic E-state index is -0.808. The lowest BCUT2D eigenvalue weighted by molar-refractivity contribution is -0.0778. The quantitative estimate of drug-likeness (QED) is 0.402. The minimum absolute atomic E-state index is 0.00265. The standard InChI is InChI=1S/C24H28N6O5S/c1-13(2)9-29-22-19(20(32)27(4)24(29)34)18(21(33)30-10-14(31)12-35-30)17(36-22)11-28-16-8-6-5-7-15(16)26-23(28)25-3/h5-8,13-14,31H,9-12H2,1-4H3,(H,25,26). The topological polar surface area (TPSA) is 124 Å². The number of thiophene rings is 1. The van der Waals surface area contributed by atoms with E-state index in [-0.39, 0.29) is 36.6 Å². The number of hydrogen-bond acceptors (Lipinski definition) is 8. The molecular formula is C24H28N6O5S. The summed E-state index contributed by atoms with van der Waals surface area (Å²) in [4.78, 5) is 51.3. The van der Waals surface area contributed by atoms with Gasteiger partial charge in [0.2, 0.25) is 5.95 Å². The Hall–Kier alpha value is -3.48. The number of hydrogen-bond donors (Lipinski definition) is 2. The number of aliphatic hydroxyl groups excluding tert-OH is 1. The molecule has 0 aliphatic carbocycles. The molecule has 1 aliphatic rings. The first kappa shape index (κ1) is 24.2. The van der Waals surface area contributed by atoms with Crippen molar-refractivity contribution in [3.63, 3.8) is 0 Å². The van der Waals surface area contributed by atoms with Gasteiger partial charge in [0.1, 0.15) is 17.5 Å². The highest BCUT2D eigenvalue weighted by molar-refractivity contribution is 7.19. The maximum atomic E-state index is 13.7. The first-order valence-corrected chi connectivity index (χ1v) is 12.5. The molecule has 0 saturated carbocycles. The second-order valence-corrected chi connectivity index (χ2v) is 10.4. The molecule has 0 bridgehead atoms. The number of amides is 1. The van der Waals surface area contributed by atoms with Crippen molar-refractivity contribution in [2.45, 2.75) is 33.0 Å². The maximum absolute atomic E-state index is 13.7. The molecule has 1 amide bonds. The highest BCUT2D eigenvalue weighted by Crippen LogP contribution is 2.33.